The van der Waals surface area contributed by atoms with Crippen LogP contribution >= 0.6 is 11.3 Å². The molecule has 302 valence electrons. The van der Waals surface area contributed by atoms with Crippen LogP contribution in [0.5, 0.6) is 0 Å². The van der Waals surface area contributed by atoms with E-state index in [-0.39, 0.29) is 45.9 Å². The molecule has 1 aromatic heterocycles. The lowest BCUT2D eigenvalue weighted by Crippen LogP contribution is -2.63. The molecule has 55 heavy (non-hydrogen) atoms. The number of thiophene rings is 1. The van der Waals surface area contributed by atoms with Crippen LogP contribution in [0, 0.1) is 34.0 Å². The number of hydrogen-bond donors (Lipinski definition) is 4. The Morgan fingerprint density at radius 1 is 0.982 bits per heavy atom. The minimum Gasteiger partial charge on any atom is -0.339 e. The SMILES string of the molecule is C=CC1C[C@]1(NC(=O)C1[C@@H]2C(CN1C(=O)[C@@H](NC(=O)N[C@H](CN(C)S(=O)(=O)c1cccs1)C(C)(C)C)C(C)(C)C)C2(C)C)C(=O)NS(=O)(=O)c1ccccc1. The standard InChI is InChI=1S/C38H54N6O8S3/c1-11-23-20-38(23,33(47)42-54(49,50)24-16-13-12-14-17-24)41-31(45)29-28-25(37(28,8)9)21-44(29)32(46)30(36(5,6)7)40-34(48)39-26(35(2,3)4)22-43(10)55(51,52)27-18-15-19-53-27/h11-19,23,25-26,28-30H,1,20-22H2,2-10H3,(H,41,45)(H,42,47)(H2,39,40,48)/t23?,25?,26-,28+,29?,30-,38-/m1/s1. The van der Waals surface area contributed by atoms with Crippen LogP contribution in [0.4, 0.5) is 4.79 Å². The molecule has 0 bridgehead atoms. The minimum absolute atomic E-state index is 0.0228. The third kappa shape index (κ3) is 8.35. The summed E-state index contributed by atoms with van der Waals surface area (Å²) in [6.45, 7) is 19.0. The first-order valence-electron chi connectivity index (χ1n) is 18.2. The second-order valence-corrected chi connectivity index (χ2v) is 22.6. The number of likely N-dealkylation sites (tertiary alicyclic amines) is 1. The number of amides is 5. The van der Waals surface area contributed by atoms with Crippen LogP contribution in [0.15, 0.2) is 69.6 Å². The Morgan fingerprint density at radius 3 is 2.15 bits per heavy atom. The first kappa shape index (κ1) is 42.3. The number of hydrogen-bond acceptors (Lipinski definition) is 9. The molecule has 17 heteroatoms. The molecule has 2 aliphatic carbocycles. The van der Waals surface area contributed by atoms with E-state index in [0.717, 1.165) is 11.3 Å². The molecule has 14 nitrogen and oxygen atoms in total. The van der Waals surface area contributed by atoms with Gasteiger partial charge in [0.25, 0.3) is 26.0 Å². The second kappa shape index (κ2) is 14.6. The zero-order valence-electron chi connectivity index (χ0n) is 32.9. The number of fused-ring (bicyclic) bond motifs is 1. The van der Waals surface area contributed by atoms with E-state index in [1.54, 1.807) is 38.3 Å². The maximum Gasteiger partial charge on any atom is 0.315 e. The van der Waals surface area contributed by atoms with E-state index in [1.165, 1.54) is 52.7 Å². The van der Waals surface area contributed by atoms with Crippen LogP contribution in [0.25, 0.3) is 0 Å². The predicted octanol–water partition coefficient (Wildman–Crippen LogP) is 3.55. The summed E-state index contributed by atoms with van der Waals surface area (Å²) in [7, 11) is -6.59. The number of carbonyl (C=O) groups is 4. The summed E-state index contributed by atoms with van der Waals surface area (Å²) in [6, 6.07) is 7.16. The Labute approximate surface area is 329 Å². The van der Waals surface area contributed by atoms with Crippen molar-refractivity contribution >= 4 is 55.1 Å². The van der Waals surface area contributed by atoms with Crippen LogP contribution in [-0.4, -0.2) is 93.6 Å². The van der Waals surface area contributed by atoms with Crippen LogP contribution in [0.3, 0.4) is 0 Å². The van der Waals surface area contributed by atoms with Crippen molar-refractivity contribution in [3.05, 3.63) is 60.5 Å². The van der Waals surface area contributed by atoms with Crippen LogP contribution in [0.1, 0.15) is 61.8 Å². The van der Waals surface area contributed by atoms with Crippen molar-refractivity contribution in [3.63, 3.8) is 0 Å². The van der Waals surface area contributed by atoms with Crippen molar-refractivity contribution in [2.24, 2.45) is 34.0 Å². The van der Waals surface area contributed by atoms with Gasteiger partial charge >= 0.3 is 6.03 Å². The van der Waals surface area contributed by atoms with E-state index < -0.39 is 84.2 Å². The average Bonchev–Trinajstić information content (AvgIpc) is 3.62. The van der Waals surface area contributed by atoms with Gasteiger partial charge in [0, 0.05) is 32.1 Å². The normalized spacial score (nSPS) is 25.6. The molecule has 1 saturated heterocycles. The first-order chi connectivity index (χ1) is 25.3. The molecule has 2 heterocycles. The number of piperidine rings is 1. The monoisotopic (exact) mass is 818 g/mol. The zero-order valence-corrected chi connectivity index (χ0v) is 35.3. The molecule has 1 aromatic carbocycles. The van der Waals surface area contributed by atoms with Gasteiger partial charge in [0.05, 0.1) is 4.90 Å². The van der Waals surface area contributed by atoms with Gasteiger partial charge in [-0.05, 0) is 58.1 Å². The molecule has 2 aromatic rings. The highest BCUT2D eigenvalue weighted by Crippen LogP contribution is 2.65. The second-order valence-electron chi connectivity index (χ2n) is 17.7. The molecule has 1 aliphatic heterocycles. The maximum atomic E-state index is 14.6. The third-order valence-electron chi connectivity index (χ3n) is 11.4. The molecular weight excluding hydrogens is 765 g/mol. The van der Waals surface area contributed by atoms with E-state index in [0.29, 0.717) is 0 Å². The number of carbonyl (C=O) groups excluding carboxylic acids is 4. The van der Waals surface area contributed by atoms with Crippen molar-refractivity contribution in [2.75, 3.05) is 20.1 Å². The van der Waals surface area contributed by atoms with Gasteiger partial charge in [-0.1, -0.05) is 85.7 Å². The number of sulfonamides is 2. The first-order valence-corrected chi connectivity index (χ1v) is 22.0. The molecule has 3 aliphatic rings. The van der Waals surface area contributed by atoms with E-state index in [9.17, 15) is 36.0 Å². The third-order valence-corrected chi connectivity index (χ3v) is 16.0. The lowest BCUT2D eigenvalue weighted by molar-refractivity contribution is -0.144. The Bertz CT molecular complexity index is 2040. The average molecular weight is 819 g/mol. The van der Waals surface area contributed by atoms with Crippen LogP contribution < -0.4 is 20.7 Å². The van der Waals surface area contributed by atoms with Gasteiger partial charge in [0.15, 0.2) is 0 Å². The minimum atomic E-state index is -4.24. The molecular formula is C38H54N6O8S3. The van der Waals surface area contributed by atoms with E-state index in [2.05, 4.69) is 27.3 Å². The topological polar surface area (TPSA) is 191 Å². The summed E-state index contributed by atoms with van der Waals surface area (Å²) < 4.78 is 56.0. The quantitative estimate of drug-likeness (QED) is 0.221. The summed E-state index contributed by atoms with van der Waals surface area (Å²) in [4.78, 5) is 57.7. The van der Waals surface area contributed by atoms with Gasteiger partial charge in [-0.3, -0.25) is 14.4 Å². The molecule has 7 atom stereocenters. The summed E-state index contributed by atoms with van der Waals surface area (Å²) in [5.74, 6) is -2.79. The van der Waals surface area contributed by atoms with Gasteiger partial charge in [-0.25, -0.2) is 26.4 Å². The van der Waals surface area contributed by atoms with Crippen molar-refractivity contribution in [1.82, 2.24) is 29.9 Å². The number of nitrogens with zero attached hydrogens (tertiary/aromatic N) is 2. The molecule has 5 amide bonds. The van der Waals surface area contributed by atoms with Gasteiger partial charge < -0.3 is 20.9 Å². The summed E-state index contributed by atoms with van der Waals surface area (Å²) >= 11 is 1.10. The molecule has 0 spiro atoms. The van der Waals surface area contributed by atoms with Crippen LogP contribution in [-0.2, 0) is 34.4 Å². The van der Waals surface area contributed by atoms with Crippen LogP contribution in [0.2, 0.25) is 0 Å². The fourth-order valence-electron chi connectivity index (χ4n) is 7.61. The summed E-state index contributed by atoms with van der Waals surface area (Å²) in [5, 5.41) is 10.3. The number of likely N-dealkylation sites (N-methyl/N-ethyl adjacent to an activating group) is 1. The van der Waals surface area contributed by atoms with Crippen molar-refractivity contribution in [2.45, 2.75) is 94.6 Å². The lowest BCUT2D eigenvalue weighted by Gasteiger charge is -2.39. The van der Waals surface area contributed by atoms with E-state index in [4.69, 9.17) is 0 Å². The maximum absolute atomic E-state index is 14.6. The van der Waals surface area contributed by atoms with Crippen molar-refractivity contribution in [3.8, 4) is 0 Å². The summed E-state index contributed by atoms with van der Waals surface area (Å²) in [6.07, 6.45) is 1.62. The Morgan fingerprint density at radius 2 is 1.62 bits per heavy atom. The largest absolute Gasteiger partial charge is 0.339 e. The van der Waals surface area contributed by atoms with E-state index >= 15 is 0 Å². The molecule has 2 saturated carbocycles. The number of nitrogens with one attached hydrogen (secondary N) is 4. The van der Waals surface area contributed by atoms with Gasteiger partial charge in [-0.2, -0.15) is 4.31 Å². The Hall–Kier alpha value is -3.80. The van der Waals surface area contributed by atoms with Crippen molar-refractivity contribution < 1.29 is 36.0 Å². The Balaban J connectivity index is 1.35. The smallest absolute Gasteiger partial charge is 0.315 e. The highest BCUT2D eigenvalue weighted by molar-refractivity contribution is 7.91. The fourth-order valence-corrected chi connectivity index (χ4v) is 11.1. The van der Waals surface area contributed by atoms with Crippen molar-refractivity contribution in [1.29, 1.82) is 0 Å². The Kier molecular flexibility index (Phi) is 11.2. The highest BCUT2D eigenvalue weighted by atomic mass is 32.2. The van der Waals surface area contributed by atoms with Gasteiger partial charge in [-0.15, -0.1) is 17.9 Å². The fraction of sp³-hybridized carbons (Fsp3) is 0.579. The molecule has 3 fully saturated rings. The van der Waals surface area contributed by atoms with Gasteiger partial charge in [0.2, 0.25) is 11.8 Å². The number of benzene rings is 1. The number of rotatable bonds is 13. The van der Waals surface area contributed by atoms with Gasteiger partial charge in [0.1, 0.15) is 21.8 Å². The number of urea groups is 1. The molecule has 5 rings (SSSR count). The predicted molar refractivity (Wildman–Crippen MR) is 209 cm³/mol. The lowest BCUT2D eigenvalue weighted by atomic mass is 9.85. The molecule has 3 unspecified atom stereocenters. The van der Waals surface area contributed by atoms with E-state index in [1.807, 2.05) is 34.6 Å². The molecule has 0 radical (unpaired) electrons. The molecule has 4 N–H and O–H groups in total. The highest BCUT2D eigenvalue weighted by Gasteiger charge is 2.71. The zero-order chi connectivity index (χ0) is 41.1. The summed E-state index contributed by atoms with van der Waals surface area (Å²) in [5.41, 5.74) is -3.28.